The van der Waals surface area contributed by atoms with Crippen LogP contribution in [0.5, 0.6) is 11.5 Å². The Bertz CT molecular complexity index is 898. The highest BCUT2D eigenvalue weighted by Crippen LogP contribution is 2.39. The van der Waals surface area contributed by atoms with Gasteiger partial charge in [0.1, 0.15) is 6.61 Å². The molecule has 5 nitrogen and oxygen atoms in total. The summed E-state index contributed by atoms with van der Waals surface area (Å²) >= 11 is 4.45. The zero-order valence-electron chi connectivity index (χ0n) is 14.9. The summed E-state index contributed by atoms with van der Waals surface area (Å²) in [6.07, 6.45) is 1.69. The zero-order chi connectivity index (χ0) is 19.4. The molecule has 0 radical (unpaired) electrons. The monoisotopic (exact) mass is 447 g/mol. The second-order valence-electron chi connectivity index (χ2n) is 5.73. The average molecular weight is 448 g/mol. The van der Waals surface area contributed by atoms with Crippen molar-refractivity contribution in [1.29, 1.82) is 0 Å². The van der Waals surface area contributed by atoms with Crippen LogP contribution < -0.4 is 9.47 Å². The molecule has 2 amide bonds. The van der Waals surface area contributed by atoms with E-state index in [1.54, 1.807) is 26.2 Å². The Morgan fingerprint density at radius 1 is 1.19 bits per heavy atom. The number of thioether (sulfide) groups is 1. The Kier molecular flexibility index (Phi) is 6.23. The van der Waals surface area contributed by atoms with Gasteiger partial charge < -0.3 is 9.47 Å². The molecule has 3 rings (SSSR count). The first-order valence-corrected chi connectivity index (χ1v) is 9.94. The third-order valence-electron chi connectivity index (χ3n) is 3.97. The predicted molar refractivity (Wildman–Crippen MR) is 110 cm³/mol. The highest BCUT2D eigenvalue weighted by molar-refractivity contribution is 9.10. The van der Waals surface area contributed by atoms with Gasteiger partial charge in [-0.05, 0) is 64.0 Å². The van der Waals surface area contributed by atoms with Crippen molar-refractivity contribution in [2.75, 3.05) is 13.7 Å². The molecule has 1 heterocycles. The van der Waals surface area contributed by atoms with E-state index in [1.807, 2.05) is 36.4 Å². The molecule has 0 N–H and O–H groups in total. The summed E-state index contributed by atoms with van der Waals surface area (Å²) in [5.74, 6) is 0.855. The van der Waals surface area contributed by atoms with E-state index in [4.69, 9.17) is 9.47 Å². The van der Waals surface area contributed by atoms with Crippen LogP contribution in [0.1, 0.15) is 18.1 Å². The van der Waals surface area contributed by atoms with E-state index in [0.29, 0.717) is 34.0 Å². The Labute approximate surface area is 170 Å². The molecule has 2 aromatic carbocycles. The molecule has 0 spiro atoms. The van der Waals surface area contributed by atoms with E-state index in [2.05, 4.69) is 15.9 Å². The van der Waals surface area contributed by atoms with Crippen LogP contribution in [-0.2, 0) is 11.4 Å². The number of hydrogen-bond acceptors (Lipinski definition) is 5. The molecule has 1 aliphatic rings. The molecule has 0 aliphatic carbocycles. The maximum Gasteiger partial charge on any atom is 0.293 e. The molecule has 7 heteroatoms. The van der Waals surface area contributed by atoms with Crippen molar-refractivity contribution in [2.45, 2.75) is 13.5 Å². The molecular weight excluding hydrogens is 430 g/mol. The van der Waals surface area contributed by atoms with Gasteiger partial charge in [0, 0.05) is 6.54 Å². The molecule has 0 atom stereocenters. The molecule has 0 saturated carbocycles. The minimum Gasteiger partial charge on any atom is -0.493 e. The lowest BCUT2D eigenvalue weighted by Gasteiger charge is -2.14. The highest BCUT2D eigenvalue weighted by atomic mass is 79.9. The van der Waals surface area contributed by atoms with Crippen LogP contribution in [0, 0.1) is 0 Å². The third kappa shape index (κ3) is 4.36. The number of amides is 2. The number of hydrogen-bond donors (Lipinski definition) is 0. The molecule has 1 fully saturated rings. The summed E-state index contributed by atoms with van der Waals surface area (Å²) in [7, 11) is 1.56. The van der Waals surface area contributed by atoms with Crippen molar-refractivity contribution in [3.8, 4) is 11.5 Å². The summed E-state index contributed by atoms with van der Waals surface area (Å²) in [6, 6.07) is 13.5. The molecule has 0 aromatic heterocycles. The maximum absolute atomic E-state index is 12.3. The number of benzene rings is 2. The lowest BCUT2D eigenvalue weighted by atomic mass is 10.1. The number of halogens is 1. The maximum atomic E-state index is 12.3. The zero-order valence-corrected chi connectivity index (χ0v) is 17.3. The molecule has 140 valence electrons. The molecule has 2 aromatic rings. The van der Waals surface area contributed by atoms with E-state index in [-0.39, 0.29) is 11.1 Å². The first kappa shape index (κ1) is 19.5. The van der Waals surface area contributed by atoms with Crippen molar-refractivity contribution in [1.82, 2.24) is 4.90 Å². The first-order chi connectivity index (χ1) is 13.0. The van der Waals surface area contributed by atoms with Gasteiger partial charge in [-0.25, -0.2) is 0 Å². The summed E-state index contributed by atoms with van der Waals surface area (Å²) in [6.45, 7) is 2.55. The van der Waals surface area contributed by atoms with E-state index in [0.717, 1.165) is 22.9 Å². The second-order valence-corrected chi connectivity index (χ2v) is 7.58. The molecule has 27 heavy (non-hydrogen) atoms. The van der Waals surface area contributed by atoms with Crippen molar-refractivity contribution >= 4 is 44.9 Å². The van der Waals surface area contributed by atoms with E-state index < -0.39 is 0 Å². The van der Waals surface area contributed by atoms with Crippen LogP contribution in [0.15, 0.2) is 51.8 Å². The van der Waals surface area contributed by atoms with E-state index >= 15 is 0 Å². The number of ether oxygens (including phenoxy) is 2. The van der Waals surface area contributed by atoms with E-state index in [9.17, 15) is 9.59 Å². The van der Waals surface area contributed by atoms with Gasteiger partial charge in [-0.3, -0.25) is 14.5 Å². The number of carbonyl (C=O) groups excluding carboxylic acids is 2. The van der Waals surface area contributed by atoms with Crippen molar-refractivity contribution in [2.24, 2.45) is 0 Å². The topological polar surface area (TPSA) is 55.8 Å². The normalized spacial score (nSPS) is 15.5. The number of carbonyl (C=O) groups is 2. The van der Waals surface area contributed by atoms with Crippen molar-refractivity contribution < 1.29 is 19.1 Å². The van der Waals surface area contributed by atoms with Crippen molar-refractivity contribution in [3.05, 3.63) is 63.0 Å². The van der Waals surface area contributed by atoms with Gasteiger partial charge in [-0.2, -0.15) is 0 Å². The van der Waals surface area contributed by atoms with Crippen LogP contribution in [0.2, 0.25) is 0 Å². The minimum atomic E-state index is -0.271. The summed E-state index contributed by atoms with van der Waals surface area (Å²) in [5, 5.41) is -0.248. The fraction of sp³-hybridized carbons (Fsp3) is 0.200. The second kappa shape index (κ2) is 8.63. The van der Waals surface area contributed by atoms with Gasteiger partial charge in [-0.15, -0.1) is 0 Å². The van der Waals surface area contributed by atoms with Crippen LogP contribution >= 0.6 is 27.7 Å². The Hall–Kier alpha value is -2.25. The molecule has 0 bridgehead atoms. The lowest BCUT2D eigenvalue weighted by molar-refractivity contribution is -0.122. The molecule has 1 saturated heterocycles. The van der Waals surface area contributed by atoms with Crippen LogP contribution in [0.3, 0.4) is 0 Å². The van der Waals surface area contributed by atoms with Crippen molar-refractivity contribution in [3.63, 3.8) is 0 Å². The highest BCUT2D eigenvalue weighted by Gasteiger charge is 2.33. The predicted octanol–water partition coefficient (Wildman–Crippen LogP) is 5.09. The molecule has 1 aliphatic heterocycles. The first-order valence-electron chi connectivity index (χ1n) is 8.33. The number of methoxy groups -OCH3 is 1. The van der Waals surface area contributed by atoms with Gasteiger partial charge in [0.05, 0.1) is 16.5 Å². The summed E-state index contributed by atoms with van der Waals surface area (Å²) in [5.41, 5.74) is 1.79. The van der Waals surface area contributed by atoms with Crippen LogP contribution in [0.25, 0.3) is 6.08 Å². The SMILES string of the molecule is CCN1C(=O)S/C(=C\c2cc(Br)c(OCc3ccccc3)c(OC)c2)C1=O. The van der Waals surface area contributed by atoms with Crippen LogP contribution in [-0.4, -0.2) is 29.7 Å². The summed E-state index contributed by atoms with van der Waals surface area (Å²) in [4.78, 5) is 25.7. The standard InChI is InChI=1S/C20H18BrNO4S/c1-3-22-19(23)17(27-20(22)24)11-14-9-15(21)18(16(10-14)25-2)26-12-13-7-5-4-6-8-13/h4-11H,3,12H2,1-2H3/b17-11-. The smallest absolute Gasteiger partial charge is 0.293 e. The Morgan fingerprint density at radius 2 is 1.93 bits per heavy atom. The Morgan fingerprint density at radius 3 is 2.56 bits per heavy atom. The third-order valence-corrected chi connectivity index (χ3v) is 5.46. The fourth-order valence-electron chi connectivity index (χ4n) is 2.62. The number of rotatable bonds is 6. The van der Waals surface area contributed by atoms with Gasteiger partial charge in [0.25, 0.3) is 11.1 Å². The number of nitrogens with zero attached hydrogens (tertiary/aromatic N) is 1. The Balaban J connectivity index is 1.85. The molecular formula is C20H18BrNO4S. The minimum absolute atomic E-state index is 0.248. The lowest BCUT2D eigenvalue weighted by Crippen LogP contribution is -2.27. The fourth-order valence-corrected chi connectivity index (χ4v) is 4.09. The van der Waals surface area contributed by atoms with Gasteiger partial charge in [-0.1, -0.05) is 30.3 Å². The van der Waals surface area contributed by atoms with Gasteiger partial charge >= 0.3 is 0 Å². The number of imide groups is 1. The quantitative estimate of drug-likeness (QED) is 0.576. The van der Waals surface area contributed by atoms with E-state index in [1.165, 1.54) is 4.90 Å². The van der Waals surface area contributed by atoms with Gasteiger partial charge in [0.2, 0.25) is 0 Å². The number of likely N-dealkylation sites (N-methyl/N-ethyl adjacent to an activating group) is 1. The largest absolute Gasteiger partial charge is 0.493 e. The molecule has 0 unspecified atom stereocenters. The van der Waals surface area contributed by atoms with Crippen LogP contribution in [0.4, 0.5) is 4.79 Å². The average Bonchev–Trinajstić information content (AvgIpc) is 2.93. The van der Waals surface area contributed by atoms with Gasteiger partial charge in [0.15, 0.2) is 11.5 Å². The summed E-state index contributed by atoms with van der Waals surface area (Å²) < 4.78 is 12.1.